The monoisotopic (exact) mass is 457 g/mol. The molecule has 3 heterocycles. The number of hydrogen-bond acceptors (Lipinski definition) is 11. The Morgan fingerprint density at radius 3 is 2.69 bits per heavy atom. The number of H-pyrrole nitrogens is 1. The van der Waals surface area contributed by atoms with Gasteiger partial charge in [-0.05, 0) is 0 Å². The van der Waals surface area contributed by atoms with Crippen LogP contribution in [-0.4, -0.2) is 59.5 Å². The van der Waals surface area contributed by atoms with E-state index < -0.39 is 52.4 Å². The Morgan fingerprint density at radius 1 is 1.41 bits per heavy atom. The molecule has 3 rings (SSSR count). The average molecular weight is 457 g/mol. The predicted molar refractivity (Wildman–Crippen MR) is 88.6 cm³/mol. The Balaban J connectivity index is 1.84. The summed E-state index contributed by atoms with van der Waals surface area (Å²) in [5.41, 5.74) is 5.07. The molecule has 2 aromatic rings. The largest absolute Gasteiger partial charge is 0.756 e. The summed E-state index contributed by atoms with van der Waals surface area (Å²) in [6.45, 7) is -0.920. The molecule has 0 saturated carbocycles. The van der Waals surface area contributed by atoms with Crippen molar-refractivity contribution in [3.05, 3.63) is 16.7 Å². The normalized spacial score (nSPS) is 27.4. The van der Waals surface area contributed by atoms with Gasteiger partial charge in [0.25, 0.3) is 19.3 Å². The molecule has 1 fully saturated rings. The number of phosphoric acid groups is 2. The number of aromatic nitrogens is 4. The molecule has 16 nitrogen and oxygen atoms in total. The first-order chi connectivity index (χ1) is 13.3. The van der Waals surface area contributed by atoms with Crippen LogP contribution in [0.5, 0.6) is 0 Å². The maximum atomic E-state index is 12.1. The topological polar surface area (TPSA) is 246 Å². The first kappa shape index (κ1) is 22.0. The molecule has 5 atom stereocenters. The molecule has 2 aromatic heterocycles. The third kappa shape index (κ3) is 4.57. The number of rotatable bonds is 6. The first-order valence-electron chi connectivity index (χ1n) is 7.79. The number of hydrogen-bond donors (Lipinski definition) is 6. The number of ether oxygens (including phenoxy) is 1. The molecule has 1 aliphatic rings. The zero-order valence-electron chi connectivity index (χ0n) is 14.6. The van der Waals surface area contributed by atoms with Crippen molar-refractivity contribution in [2.75, 3.05) is 12.3 Å². The van der Waals surface area contributed by atoms with Crippen molar-refractivity contribution < 1.29 is 52.2 Å². The van der Waals surface area contributed by atoms with Gasteiger partial charge < -0.3 is 39.9 Å². The van der Waals surface area contributed by atoms with Gasteiger partial charge in [-0.1, -0.05) is 4.98 Å². The SMILES string of the molecule is Cn1c[n+]([C@@H]2O[C@H](COP(=O)([O-])OP(=O)(O)O)[C@@H](O)[C@H]2O)c2nc(N)[nH]c(=O)c21. The summed E-state index contributed by atoms with van der Waals surface area (Å²) < 4.78 is 37.9. The molecule has 0 spiro atoms. The summed E-state index contributed by atoms with van der Waals surface area (Å²) in [6.07, 6.45) is -4.66. The number of nitrogen functional groups attached to an aromatic ring is 1. The maximum absolute atomic E-state index is 12.1. The summed E-state index contributed by atoms with van der Waals surface area (Å²) in [6, 6.07) is 0. The van der Waals surface area contributed by atoms with Gasteiger partial charge in [-0.2, -0.15) is 0 Å². The number of aliphatic hydroxyl groups excluding tert-OH is 2. The van der Waals surface area contributed by atoms with E-state index in [1.807, 2.05) is 0 Å². The van der Waals surface area contributed by atoms with Crippen LogP contribution in [0, 0.1) is 0 Å². The number of imidazole rings is 1. The van der Waals surface area contributed by atoms with Crippen LogP contribution in [0.4, 0.5) is 5.95 Å². The van der Waals surface area contributed by atoms with Crippen molar-refractivity contribution in [1.82, 2.24) is 14.5 Å². The maximum Gasteiger partial charge on any atom is 0.476 e. The number of fused-ring (bicyclic) bond motifs is 1. The highest BCUT2D eigenvalue weighted by Crippen LogP contribution is 2.55. The Morgan fingerprint density at radius 2 is 2.07 bits per heavy atom. The summed E-state index contributed by atoms with van der Waals surface area (Å²) in [5.74, 6) is -0.211. The second kappa shape index (κ2) is 7.52. The molecule has 162 valence electrons. The molecule has 7 N–H and O–H groups in total. The molecule has 29 heavy (non-hydrogen) atoms. The summed E-state index contributed by atoms with van der Waals surface area (Å²) in [5, 5.41) is 20.4. The minimum atomic E-state index is -5.42. The van der Waals surface area contributed by atoms with Crippen LogP contribution >= 0.6 is 15.6 Å². The van der Waals surface area contributed by atoms with Gasteiger partial charge in [-0.15, -0.1) is 0 Å². The third-order valence-corrected chi connectivity index (χ3v) is 6.12. The molecule has 18 heteroatoms. The molecule has 0 bridgehead atoms. The second-order valence-corrected chi connectivity index (χ2v) is 8.91. The molecule has 1 unspecified atom stereocenters. The minimum Gasteiger partial charge on any atom is -0.756 e. The van der Waals surface area contributed by atoms with E-state index in [4.69, 9.17) is 20.3 Å². The molecule has 1 saturated heterocycles. The fourth-order valence-electron chi connectivity index (χ4n) is 2.87. The number of anilines is 1. The summed E-state index contributed by atoms with van der Waals surface area (Å²) in [7, 11) is -9.30. The van der Waals surface area contributed by atoms with Crippen molar-refractivity contribution in [1.29, 1.82) is 0 Å². The highest BCUT2D eigenvalue weighted by atomic mass is 31.3. The first-order valence-corrected chi connectivity index (χ1v) is 10.8. The number of nitrogens with one attached hydrogen (secondary N) is 1. The minimum absolute atomic E-state index is 0.0193. The van der Waals surface area contributed by atoms with E-state index in [2.05, 4.69) is 18.8 Å². The van der Waals surface area contributed by atoms with Gasteiger partial charge >= 0.3 is 13.5 Å². The van der Waals surface area contributed by atoms with Gasteiger partial charge in [0.15, 0.2) is 6.33 Å². The Kier molecular flexibility index (Phi) is 5.70. The number of aryl methyl sites for hydroxylation is 1. The van der Waals surface area contributed by atoms with Gasteiger partial charge in [0.05, 0.1) is 13.7 Å². The molecular formula is C11H17N5O11P2. The number of nitrogens with two attached hydrogens (primary N) is 1. The zero-order valence-corrected chi connectivity index (χ0v) is 16.3. The lowest BCUT2D eigenvalue weighted by atomic mass is 10.1. The van der Waals surface area contributed by atoms with Crippen molar-refractivity contribution >= 4 is 32.8 Å². The van der Waals surface area contributed by atoms with E-state index >= 15 is 0 Å². The van der Waals surface area contributed by atoms with Crippen molar-refractivity contribution in [2.45, 2.75) is 24.5 Å². The quantitative estimate of drug-likeness (QED) is 0.181. The zero-order chi connectivity index (χ0) is 21.7. The van der Waals surface area contributed by atoms with E-state index in [0.29, 0.717) is 0 Å². The van der Waals surface area contributed by atoms with E-state index in [-0.39, 0.29) is 17.1 Å². The number of phosphoric ester groups is 1. The van der Waals surface area contributed by atoms with Crippen LogP contribution in [0.3, 0.4) is 0 Å². The van der Waals surface area contributed by atoms with E-state index in [9.17, 15) is 29.0 Å². The highest BCUT2D eigenvalue weighted by molar-refractivity contribution is 7.60. The van der Waals surface area contributed by atoms with Gasteiger partial charge in [-0.3, -0.25) is 18.9 Å². The predicted octanol–water partition coefficient (Wildman–Crippen LogP) is -3.66. The molecule has 0 aromatic carbocycles. The Labute approximate surface area is 160 Å². The Bertz CT molecular complexity index is 1080. The van der Waals surface area contributed by atoms with Gasteiger partial charge in [0, 0.05) is 0 Å². The molecule has 0 aliphatic carbocycles. The van der Waals surface area contributed by atoms with Crippen LogP contribution < -0.4 is 20.8 Å². The van der Waals surface area contributed by atoms with Crippen molar-refractivity contribution in [3.63, 3.8) is 0 Å². The molecule has 0 radical (unpaired) electrons. The van der Waals surface area contributed by atoms with Crippen LogP contribution in [-0.2, 0) is 29.7 Å². The fraction of sp³-hybridized carbons (Fsp3) is 0.545. The van der Waals surface area contributed by atoms with E-state index in [0.717, 1.165) is 0 Å². The highest BCUT2D eigenvalue weighted by Gasteiger charge is 2.47. The van der Waals surface area contributed by atoms with Crippen LogP contribution in [0.1, 0.15) is 6.23 Å². The van der Waals surface area contributed by atoms with Crippen LogP contribution in [0.25, 0.3) is 11.2 Å². The van der Waals surface area contributed by atoms with Crippen molar-refractivity contribution in [2.24, 2.45) is 7.05 Å². The number of aliphatic hydroxyl groups is 2. The Hall–Kier alpha value is -1.71. The number of nitrogens with zero attached hydrogens (tertiary/aromatic N) is 3. The second-order valence-electron chi connectivity index (χ2n) is 6.12. The summed E-state index contributed by atoms with van der Waals surface area (Å²) >= 11 is 0. The summed E-state index contributed by atoms with van der Waals surface area (Å²) in [4.78, 5) is 46.8. The standard InChI is InChI=1S/C11H17N5O11P2/c1-15-3-16(8-5(15)9(19)14-11(12)13-8)10-7(18)6(17)4(26-10)2-25-29(23,24)27-28(20,21)22/h3-4,6-7,10,17-18H,2H2,1H3,(H5-,12,13,14,19,20,21,22,23,24)/t4-,6-,7-,10-/m1/s1. The average Bonchev–Trinajstić information content (AvgIpc) is 3.01. The lowest BCUT2D eigenvalue weighted by Crippen LogP contribution is -2.46. The van der Waals surface area contributed by atoms with E-state index in [1.54, 1.807) is 0 Å². The third-order valence-electron chi connectivity index (χ3n) is 4.00. The van der Waals surface area contributed by atoms with Gasteiger partial charge in [0.1, 0.15) is 18.3 Å². The van der Waals surface area contributed by atoms with E-state index in [1.165, 1.54) is 22.5 Å². The smallest absolute Gasteiger partial charge is 0.476 e. The van der Waals surface area contributed by atoms with Crippen LogP contribution in [0.2, 0.25) is 0 Å². The van der Waals surface area contributed by atoms with Crippen LogP contribution in [0.15, 0.2) is 11.1 Å². The molecular weight excluding hydrogens is 440 g/mol. The molecule has 0 amide bonds. The fourth-order valence-corrected chi connectivity index (χ4v) is 4.43. The number of aromatic amines is 1. The van der Waals surface area contributed by atoms with Crippen molar-refractivity contribution in [3.8, 4) is 0 Å². The lowest BCUT2D eigenvalue weighted by molar-refractivity contribution is -0.745. The van der Waals surface area contributed by atoms with Gasteiger partial charge in [0.2, 0.25) is 11.7 Å². The lowest BCUT2D eigenvalue weighted by Gasteiger charge is -2.24. The molecule has 1 aliphatic heterocycles. The van der Waals surface area contributed by atoms with Gasteiger partial charge in [-0.25, -0.2) is 13.4 Å².